The molecule has 21 heavy (non-hydrogen) atoms. The molecular formula is C15H12N2O3S. The maximum Gasteiger partial charge on any atom is 0.361 e. The number of rotatable bonds is 4. The second kappa shape index (κ2) is 5.88. The highest BCUT2D eigenvalue weighted by Gasteiger charge is 2.20. The lowest BCUT2D eigenvalue weighted by Crippen LogP contribution is -2.06. The topological polar surface area (TPSA) is 65.2 Å². The van der Waals surface area contributed by atoms with Gasteiger partial charge in [0.25, 0.3) is 0 Å². The number of ether oxygens (including phenoxy) is 1. The van der Waals surface area contributed by atoms with Crippen LogP contribution in [0.2, 0.25) is 0 Å². The van der Waals surface area contributed by atoms with Crippen LogP contribution in [0.4, 0.5) is 0 Å². The van der Waals surface area contributed by atoms with Crippen molar-refractivity contribution < 1.29 is 13.9 Å². The number of hydrogen-bond acceptors (Lipinski definition) is 6. The molecule has 0 radical (unpaired) electrons. The fraction of sp³-hybridized carbons (Fsp3) is 0.133. The van der Waals surface area contributed by atoms with Crippen molar-refractivity contribution in [2.24, 2.45) is 0 Å². The number of aromatic nitrogens is 2. The predicted octanol–water partition coefficient (Wildman–Crippen LogP) is 3.46. The van der Waals surface area contributed by atoms with E-state index >= 15 is 0 Å². The molecule has 0 amide bonds. The van der Waals surface area contributed by atoms with Gasteiger partial charge in [0.1, 0.15) is 11.6 Å². The number of thiazole rings is 1. The molecule has 0 fully saturated rings. The summed E-state index contributed by atoms with van der Waals surface area (Å²) in [7, 11) is 0. The van der Waals surface area contributed by atoms with Gasteiger partial charge in [-0.15, -0.1) is 11.3 Å². The molecule has 0 atom stereocenters. The average Bonchev–Trinajstić information content (AvgIpc) is 3.17. The molecule has 2 heterocycles. The van der Waals surface area contributed by atoms with Crippen molar-refractivity contribution in [1.82, 2.24) is 9.97 Å². The summed E-state index contributed by atoms with van der Waals surface area (Å²) in [6.45, 7) is 2.13. The summed E-state index contributed by atoms with van der Waals surface area (Å²) >= 11 is 1.43. The number of carbonyl (C=O) groups excluding carboxylic acids is 1. The fourth-order valence-corrected chi connectivity index (χ4v) is 2.35. The standard InChI is InChI=1S/C15H12N2O3S/c1-10-2-4-11(5-3-10)14-13(17-9-20-14)15(18)19-8-12-16-6-7-21-12/h2-7,9H,8H2,1H3. The molecule has 6 heteroatoms. The van der Waals surface area contributed by atoms with E-state index < -0.39 is 5.97 Å². The Morgan fingerprint density at radius 2 is 2.10 bits per heavy atom. The maximum atomic E-state index is 12.1. The van der Waals surface area contributed by atoms with E-state index in [2.05, 4.69) is 9.97 Å². The average molecular weight is 300 g/mol. The van der Waals surface area contributed by atoms with Crippen molar-refractivity contribution >= 4 is 17.3 Å². The van der Waals surface area contributed by atoms with Crippen molar-refractivity contribution in [3.05, 3.63) is 58.5 Å². The smallest absolute Gasteiger partial charge is 0.361 e. The number of carbonyl (C=O) groups is 1. The number of aryl methyl sites for hydroxylation is 1. The van der Waals surface area contributed by atoms with Crippen LogP contribution in [0.1, 0.15) is 21.1 Å². The van der Waals surface area contributed by atoms with Gasteiger partial charge in [0.2, 0.25) is 0 Å². The molecule has 5 nitrogen and oxygen atoms in total. The molecule has 3 rings (SSSR count). The lowest BCUT2D eigenvalue weighted by molar-refractivity contribution is 0.0466. The molecule has 0 spiro atoms. The molecule has 0 unspecified atom stereocenters. The number of nitrogens with zero attached hydrogens (tertiary/aromatic N) is 2. The molecular weight excluding hydrogens is 288 g/mol. The van der Waals surface area contributed by atoms with Gasteiger partial charge < -0.3 is 9.15 Å². The first-order valence-electron chi connectivity index (χ1n) is 6.30. The minimum absolute atomic E-state index is 0.136. The Morgan fingerprint density at radius 3 is 2.81 bits per heavy atom. The van der Waals surface area contributed by atoms with Gasteiger partial charge in [-0.3, -0.25) is 0 Å². The normalized spacial score (nSPS) is 10.5. The Bertz CT molecular complexity index is 733. The van der Waals surface area contributed by atoms with Crippen molar-refractivity contribution in [3.8, 4) is 11.3 Å². The zero-order chi connectivity index (χ0) is 14.7. The Balaban J connectivity index is 1.78. The highest BCUT2D eigenvalue weighted by Crippen LogP contribution is 2.24. The quantitative estimate of drug-likeness (QED) is 0.690. The Labute approximate surface area is 125 Å². The number of benzene rings is 1. The van der Waals surface area contributed by atoms with Gasteiger partial charge >= 0.3 is 5.97 Å². The molecule has 0 saturated carbocycles. The summed E-state index contributed by atoms with van der Waals surface area (Å²) in [5.41, 5.74) is 2.10. The molecule has 3 aromatic rings. The molecule has 0 N–H and O–H groups in total. The largest absolute Gasteiger partial charge is 0.453 e. The molecule has 0 saturated heterocycles. The highest BCUT2D eigenvalue weighted by atomic mass is 32.1. The summed E-state index contributed by atoms with van der Waals surface area (Å²) in [5.74, 6) is -0.103. The second-order valence-electron chi connectivity index (χ2n) is 4.40. The third-order valence-electron chi connectivity index (χ3n) is 2.88. The zero-order valence-electron chi connectivity index (χ0n) is 11.3. The van der Waals surface area contributed by atoms with Gasteiger partial charge in [-0.25, -0.2) is 14.8 Å². The zero-order valence-corrected chi connectivity index (χ0v) is 12.1. The van der Waals surface area contributed by atoms with E-state index in [1.54, 1.807) is 6.20 Å². The van der Waals surface area contributed by atoms with E-state index in [0.29, 0.717) is 5.76 Å². The summed E-state index contributed by atoms with van der Waals surface area (Å²) in [4.78, 5) is 20.1. The van der Waals surface area contributed by atoms with E-state index in [-0.39, 0.29) is 12.3 Å². The van der Waals surface area contributed by atoms with Crippen molar-refractivity contribution in [1.29, 1.82) is 0 Å². The predicted molar refractivity (Wildman–Crippen MR) is 77.9 cm³/mol. The summed E-state index contributed by atoms with van der Waals surface area (Å²) < 4.78 is 10.5. The van der Waals surface area contributed by atoms with Crippen LogP contribution in [0.25, 0.3) is 11.3 Å². The summed E-state index contributed by atoms with van der Waals surface area (Å²) in [6.07, 6.45) is 2.91. The van der Waals surface area contributed by atoms with Crippen LogP contribution in [0.3, 0.4) is 0 Å². The van der Waals surface area contributed by atoms with E-state index in [1.165, 1.54) is 17.7 Å². The van der Waals surface area contributed by atoms with Crippen LogP contribution in [0.5, 0.6) is 0 Å². The Morgan fingerprint density at radius 1 is 1.29 bits per heavy atom. The minimum atomic E-state index is -0.519. The number of oxazole rings is 1. The highest BCUT2D eigenvalue weighted by molar-refractivity contribution is 7.09. The molecule has 0 aliphatic carbocycles. The molecule has 0 aliphatic rings. The monoisotopic (exact) mass is 300 g/mol. The Kier molecular flexibility index (Phi) is 3.79. The van der Waals surface area contributed by atoms with E-state index in [9.17, 15) is 4.79 Å². The van der Waals surface area contributed by atoms with E-state index in [1.807, 2.05) is 36.6 Å². The minimum Gasteiger partial charge on any atom is -0.453 e. The molecule has 0 aliphatic heterocycles. The molecule has 0 bridgehead atoms. The van der Waals surface area contributed by atoms with Crippen LogP contribution in [0, 0.1) is 6.92 Å². The fourth-order valence-electron chi connectivity index (χ4n) is 1.82. The van der Waals surface area contributed by atoms with E-state index in [4.69, 9.17) is 9.15 Å². The van der Waals surface area contributed by atoms with Crippen LogP contribution in [0.15, 0.2) is 46.7 Å². The van der Waals surface area contributed by atoms with Gasteiger partial charge in [-0.1, -0.05) is 29.8 Å². The molecule has 1 aromatic carbocycles. The number of hydrogen-bond donors (Lipinski definition) is 0. The van der Waals surface area contributed by atoms with Gasteiger partial charge in [-0.05, 0) is 6.92 Å². The van der Waals surface area contributed by atoms with Crippen LogP contribution in [-0.4, -0.2) is 15.9 Å². The van der Waals surface area contributed by atoms with Gasteiger partial charge in [0, 0.05) is 17.1 Å². The molecule has 2 aromatic heterocycles. The first-order chi connectivity index (χ1) is 10.2. The third-order valence-corrected chi connectivity index (χ3v) is 3.64. The molecule has 106 valence electrons. The van der Waals surface area contributed by atoms with Crippen molar-refractivity contribution in [3.63, 3.8) is 0 Å². The summed E-state index contributed by atoms with van der Waals surface area (Å²) in [6, 6.07) is 7.66. The SMILES string of the molecule is Cc1ccc(-c2ocnc2C(=O)OCc2nccs2)cc1. The maximum absolute atomic E-state index is 12.1. The third kappa shape index (κ3) is 3.00. The second-order valence-corrected chi connectivity index (χ2v) is 5.38. The summed E-state index contributed by atoms with van der Waals surface area (Å²) in [5, 5.41) is 2.57. The van der Waals surface area contributed by atoms with Crippen LogP contribution in [-0.2, 0) is 11.3 Å². The van der Waals surface area contributed by atoms with Gasteiger partial charge in [0.15, 0.2) is 17.8 Å². The van der Waals surface area contributed by atoms with Crippen LogP contribution < -0.4 is 0 Å². The van der Waals surface area contributed by atoms with Gasteiger partial charge in [0.05, 0.1) is 0 Å². The van der Waals surface area contributed by atoms with Crippen molar-refractivity contribution in [2.45, 2.75) is 13.5 Å². The number of esters is 1. The van der Waals surface area contributed by atoms with Crippen molar-refractivity contribution in [2.75, 3.05) is 0 Å². The van der Waals surface area contributed by atoms with Crippen LogP contribution >= 0.6 is 11.3 Å². The Hall–Kier alpha value is -2.47. The lowest BCUT2D eigenvalue weighted by atomic mass is 10.1. The lowest BCUT2D eigenvalue weighted by Gasteiger charge is -2.03. The van der Waals surface area contributed by atoms with Gasteiger partial charge in [-0.2, -0.15) is 0 Å². The first-order valence-corrected chi connectivity index (χ1v) is 7.18. The first kappa shape index (κ1) is 13.5. The van der Waals surface area contributed by atoms with E-state index in [0.717, 1.165) is 16.1 Å².